The van der Waals surface area contributed by atoms with E-state index in [0.717, 1.165) is 5.56 Å². The van der Waals surface area contributed by atoms with E-state index in [0.29, 0.717) is 28.5 Å². The number of aliphatic hydroxyl groups excluding tert-OH is 1. The number of hydrogen-bond acceptors (Lipinski definition) is 6. The highest BCUT2D eigenvalue weighted by molar-refractivity contribution is 5.78. The molecule has 2 aromatic carbocycles. The number of amides is 1. The molecule has 1 aromatic heterocycles. The molecule has 1 heterocycles. The van der Waals surface area contributed by atoms with Crippen LogP contribution in [-0.4, -0.2) is 48.9 Å². The lowest BCUT2D eigenvalue weighted by atomic mass is 10.1. The number of nitrogens with zero attached hydrogens (tertiary/aromatic N) is 2. The van der Waals surface area contributed by atoms with E-state index in [-0.39, 0.29) is 18.9 Å². The van der Waals surface area contributed by atoms with Gasteiger partial charge < -0.3 is 24.0 Å². The van der Waals surface area contributed by atoms with Crippen LogP contribution in [-0.2, 0) is 11.2 Å². The second kappa shape index (κ2) is 9.25. The first kappa shape index (κ1) is 20.4. The van der Waals surface area contributed by atoms with Gasteiger partial charge in [-0.2, -0.15) is 0 Å². The quantitative estimate of drug-likeness (QED) is 0.630. The summed E-state index contributed by atoms with van der Waals surface area (Å²) in [4.78, 5) is 14.0. The molecule has 29 heavy (non-hydrogen) atoms. The fraction of sp³-hybridized carbons (Fsp3) is 0.273. The Labute approximate surface area is 169 Å². The molecule has 1 atom stereocenters. The second-order valence-corrected chi connectivity index (χ2v) is 6.63. The third-order valence-electron chi connectivity index (χ3n) is 4.61. The van der Waals surface area contributed by atoms with Gasteiger partial charge in [-0.1, -0.05) is 41.6 Å². The Morgan fingerprint density at radius 2 is 1.83 bits per heavy atom. The van der Waals surface area contributed by atoms with E-state index in [9.17, 15) is 9.90 Å². The monoisotopic (exact) mass is 396 g/mol. The van der Waals surface area contributed by atoms with Crippen LogP contribution in [0.1, 0.15) is 17.4 Å². The number of ether oxygens (including phenoxy) is 2. The smallest absolute Gasteiger partial charge is 0.228 e. The molecule has 7 heteroatoms. The minimum atomic E-state index is -0.860. The highest BCUT2D eigenvalue weighted by Gasteiger charge is 2.19. The summed E-state index contributed by atoms with van der Waals surface area (Å²) in [6.45, 7) is 0.137. The topological polar surface area (TPSA) is 85.0 Å². The van der Waals surface area contributed by atoms with Crippen LogP contribution in [0.4, 0.5) is 0 Å². The third kappa shape index (κ3) is 4.94. The highest BCUT2D eigenvalue weighted by atomic mass is 16.5. The van der Waals surface area contributed by atoms with Crippen molar-refractivity contribution in [1.82, 2.24) is 10.1 Å². The average molecular weight is 396 g/mol. The van der Waals surface area contributed by atoms with Gasteiger partial charge in [0.1, 0.15) is 0 Å². The van der Waals surface area contributed by atoms with Crippen molar-refractivity contribution in [2.24, 2.45) is 0 Å². The van der Waals surface area contributed by atoms with E-state index in [1.54, 1.807) is 38.4 Å². The second-order valence-electron chi connectivity index (χ2n) is 6.63. The van der Waals surface area contributed by atoms with Crippen LogP contribution in [0.3, 0.4) is 0 Å². The molecule has 1 unspecified atom stereocenters. The zero-order valence-electron chi connectivity index (χ0n) is 16.7. The molecule has 1 N–H and O–H groups in total. The van der Waals surface area contributed by atoms with Gasteiger partial charge in [0.05, 0.1) is 39.0 Å². The van der Waals surface area contributed by atoms with E-state index >= 15 is 0 Å². The van der Waals surface area contributed by atoms with E-state index < -0.39 is 6.10 Å². The van der Waals surface area contributed by atoms with Crippen LogP contribution in [0, 0.1) is 0 Å². The van der Waals surface area contributed by atoms with Gasteiger partial charge in [0.2, 0.25) is 5.91 Å². The number of rotatable bonds is 8. The molecule has 0 aliphatic rings. The number of benzene rings is 2. The summed E-state index contributed by atoms with van der Waals surface area (Å²) in [7, 11) is 4.73. The summed E-state index contributed by atoms with van der Waals surface area (Å²) >= 11 is 0. The molecule has 7 nitrogen and oxygen atoms in total. The summed E-state index contributed by atoms with van der Waals surface area (Å²) < 4.78 is 15.8. The first-order valence-corrected chi connectivity index (χ1v) is 9.16. The molecule has 0 spiro atoms. The number of carbonyl (C=O) groups excluding carboxylic acids is 1. The minimum Gasteiger partial charge on any atom is -0.493 e. The lowest BCUT2D eigenvalue weighted by molar-refractivity contribution is -0.130. The van der Waals surface area contributed by atoms with Gasteiger partial charge in [-0.05, 0) is 17.7 Å². The minimum absolute atomic E-state index is 0.0888. The SMILES string of the molecule is COc1ccc(C(O)CN(C)C(=O)Cc2cc(-c3ccccc3)on2)cc1OC. The Balaban J connectivity index is 1.61. The van der Waals surface area contributed by atoms with E-state index in [1.165, 1.54) is 12.0 Å². The van der Waals surface area contributed by atoms with Crippen LogP contribution in [0.5, 0.6) is 11.5 Å². The predicted octanol–water partition coefficient (Wildman–Crippen LogP) is 3.09. The number of aliphatic hydroxyl groups is 1. The predicted molar refractivity (Wildman–Crippen MR) is 108 cm³/mol. The highest BCUT2D eigenvalue weighted by Crippen LogP contribution is 2.30. The largest absolute Gasteiger partial charge is 0.493 e. The zero-order valence-corrected chi connectivity index (χ0v) is 16.7. The lowest BCUT2D eigenvalue weighted by Crippen LogP contribution is -2.32. The number of aromatic nitrogens is 1. The molecule has 0 saturated carbocycles. The summed E-state index contributed by atoms with van der Waals surface area (Å²) in [5.41, 5.74) is 2.08. The fourth-order valence-electron chi connectivity index (χ4n) is 2.95. The summed E-state index contributed by atoms with van der Waals surface area (Å²) in [5, 5.41) is 14.5. The van der Waals surface area contributed by atoms with Crippen molar-refractivity contribution in [3.63, 3.8) is 0 Å². The van der Waals surface area contributed by atoms with Crippen molar-refractivity contribution in [1.29, 1.82) is 0 Å². The molecule has 0 fully saturated rings. The maximum absolute atomic E-state index is 12.5. The van der Waals surface area contributed by atoms with Gasteiger partial charge in [0.15, 0.2) is 17.3 Å². The van der Waals surface area contributed by atoms with Gasteiger partial charge in [0, 0.05) is 18.7 Å². The summed E-state index contributed by atoms with van der Waals surface area (Å²) in [6.07, 6.45) is -0.771. The summed E-state index contributed by atoms with van der Waals surface area (Å²) in [6, 6.07) is 16.5. The maximum Gasteiger partial charge on any atom is 0.228 e. The fourth-order valence-corrected chi connectivity index (χ4v) is 2.95. The van der Waals surface area contributed by atoms with Crippen LogP contribution < -0.4 is 9.47 Å². The van der Waals surface area contributed by atoms with E-state index in [2.05, 4.69) is 5.16 Å². The van der Waals surface area contributed by atoms with Crippen LogP contribution in [0.2, 0.25) is 0 Å². The summed E-state index contributed by atoms with van der Waals surface area (Å²) in [5.74, 6) is 1.54. The van der Waals surface area contributed by atoms with Gasteiger partial charge >= 0.3 is 0 Å². The van der Waals surface area contributed by atoms with Crippen molar-refractivity contribution < 1.29 is 23.9 Å². The van der Waals surface area contributed by atoms with Crippen molar-refractivity contribution >= 4 is 5.91 Å². The molecule has 0 radical (unpaired) electrons. The zero-order chi connectivity index (χ0) is 20.8. The van der Waals surface area contributed by atoms with Crippen LogP contribution in [0.25, 0.3) is 11.3 Å². The van der Waals surface area contributed by atoms with Gasteiger partial charge in [-0.25, -0.2) is 0 Å². The standard InChI is InChI=1S/C22H24N2O5/c1-24(14-18(25)16-9-10-19(27-2)21(11-16)28-3)22(26)13-17-12-20(29-23-17)15-7-5-4-6-8-15/h4-12,18,25H,13-14H2,1-3H3. The van der Waals surface area contributed by atoms with Gasteiger partial charge in [-0.15, -0.1) is 0 Å². The van der Waals surface area contributed by atoms with E-state index in [4.69, 9.17) is 14.0 Å². The molecule has 3 aromatic rings. The van der Waals surface area contributed by atoms with Crippen molar-refractivity contribution in [3.8, 4) is 22.8 Å². The molecule has 0 saturated heterocycles. The van der Waals surface area contributed by atoms with Gasteiger partial charge in [0.25, 0.3) is 0 Å². The third-order valence-corrected chi connectivity index (χ3v) is 4.61. The van der Waals surface area contributed by atoms with Crippen molar-refractivity contribution in [3.05, 3.63) is 65.9 Å². The Morgan fingerprint density at radius 1 is 1.10 bits per heavy atom. The lowest BCUT2D eigenvalue weighted by Gasteiger charge is -2.21. The van der Waals surface area contributed by atoms with Crippen molar-refractivity contribution in [2.45, 2.75) is 12.5 Å². The first-order chi connectivity index (χ1) is 14.0. The molecular weight excluding hydrogens is 372 g/mol. The molecule has 152 valence electrons. The Bertz CT molecular complexity index is 955. The molecular formula is C22H24N2O5. The Morgan fingerprint density at radius 3 is 2.52 bits per heavy atom. The van der Waals surface area contributed by atoms with Gasteiger partial charge in [-0.3, -0.25) is 4.79 Å². The molecule has 0 aliphatic heterocycles. The molecule has 3 rings (SSSR count). The Hall–Kier alpha value is -3.32. The number of carbonyl (C=O) groups is 1. The number of hydrogen-bond donors (Lipinski definition) is 1. The van der Waals surface area contributed by atoms with Crippen LogP contribution in [0.15, 0.2) is 59.1 Å². The van der Waals surface area contributed by atoms with E-state index in [1.807, 2.05) is 30.3 Å². The van der Waals surface area contributed by atoms with Crippen LogP contribution >= 0.6 is 0 Å². The first-order valence-electron chi connectivity index (χ1n) is 9.16. The average Bonchev–Trinajstić information content (AvgIpc) is 3.22. The molecule has 0 bridgehead atoms. The van der Waals surface area contributed by atoms with Crippen molar-refractivity contribution in [2.75, 3.05) is 27.8 Å². The molecule has 1 amide bonds. The molecule has 0 aliphatic carbocycles. The number of likely N-dealkylation sites (N-methyl/N-ethyl adjacent to an activating group) is 1. The normalized spacial score (nSPS) is 11.7. The Kier molecular flexibility index (Phi) is 6.51. The number of methoxy groups -OCH3 is 2. The maximum atomic E-state index is 12.5.